The van der Waals surface area contributed by atoms with Gasteiger partial charge in [0.2, 0.25) is 5.95 Å². The first-order chi connectivity index (χ1) is 14.5. The van der Waals surface area contributed by atoms with Crippen LogP contribution in [0.2, 0.25) is 0 Å². The third kappa shape index (κ3) is 5.38. The van der Waals surface area contributed by atoms with Gasteiger partial charge in [0.25, 0.3) is 5.91 Å². The highest BCUT2D eigenvalue weighted by atomic mass is 16.2. The van der Waals surface area contributed by atoms with Crippen LogP contribution in [0.1, 0.15) is 28.9 Å². The van der Waals surface area contributed by atoms with Crippen LogP contribution in [-0.4, -0.2) is 76.5 Å². The minimum atomic E-state index is -0.338. The molecule has 0 bridgehead atoms. The fourth-order valence-corrected chi connectivity index (χ4v) is 3.26. The maximum Gasteiger partial charge on any atom is 0.321 e. The number of piperazine rings is 1. The number of anilines is 2. The number of hydrogen-bond acceptors (Lipinski definition) is 8. The minimum absolute atomic E-state index is 0.187. The lowest BCUT2D eigenvalue weighted by atomic mass is 10.2. The summed E-state index contributed by atoms with van der Waals surface area (Å²) in [5, 5.41) is 7.83. The van der Waals surface area contributed by atoms with Crippen molar-refractivity contribution in [3.8, 4) is 0 Å². The molecule has 3 amide bonds. The number of urea groups is 1. The standard InChI is InChI=1S/C19H27N9O2/c1-4-21-19(30)26-18-23-12-22-16(25-18)11-27-7-9-28(10-8-27)15-6-5-14(17(29)20-3)24-13(15)2/h5-6,12H,4,7-11H2,1-3H3,(H,20,29)(H2,21,22,23,25,26,30). The Morgan fingerprint density at radius 2 is 1.87 bits per heavy atom. The van der Waals surface area contributed by atoms with E-state index in [1.165, 1.54) is 6.33 Å². The lowest BCUT2D eigenvalue weighted by Gasteiger charge is -2.36. The number of nitrogens with zero attached hydrogens (tertiary/aromatic N) is 6. The fraction of sp³-hybridized carbons (Fsp3) is 0.474. The molecule has 0 aliphatic carbocycles. The Hall–Kier alpha value is -3.34. The number of aryl methyl sites for hydroxylation is 1. The zero-order valence-corrected chi connectivity index (χ0v) is 17.5. The molecule has 0 saturated carbocycles. The van der Waals surface area contributed by atoms with Crippen LogP contribution in [0.4, 0.5) is 16.4 Å². The van der Waals surface area contributed by atoms with Gasteiger partial charge in [-0.05, 0) is 26.0 Å². The van der Waals surface area contributed by atoms with Gasteiger partial charge < -0.3 is 15.5 Å². The predicted molar refractivity (Wildman–Crippen MR) is 112 cm³/mol. The van der Waals surface area contributed by atoms with Gasteiger partial charge in [0.05, 0.1) is 17.9 Å². The van der Waals surface area contributed by atoms with E-state index in [1.807, 2.05) is 19.9 Å². The smallest absolute Gasteiger partial charge is 0.321 e. The highest BCUT2D eigenvalue weighted by molar-refractivity contribution is 5.92. The van der Waals surface area contributed by atoms with E-state index < -0.39 is 0 Å². The number of pyridine rings is 1. The Morgan fingerprint density at radius 1 is 1.10 bits per heavy atom. The van der Waals surface area contributed by atoms with Crippen molar-refractivity contribution >= 4 is 23.6 Å². The molecule has 0 radical (unpaired) electrons. The number of nitrogens with one attached hydrogen (secondary N) is 3. The molecule has 1 saturated heterocycles. The summed E-state index contributed by atoms with van der Waals surface area (Å²) < 4.78 is 0. The van der Waals surface area contributed by atoms with Crippen LogP contribution in [0.15, 0.2) is 18.5 Å². The Labute approximate surface area is 175 Å². The summed E-state index contributed by atoms with van der Waals surface area (Å²) in [5.74, 6) is 0.661. The largest absolute Gasteiger partial charge is 0.368 e. The van der Waals surface area contributed by atoms with E-state index in [0.29, 0.717) is 24.6 Å². The Balaban J connectivity index is 1.56. The monoisotopic (exact) mass is 413 g/mol. The van der Waals surface area contributed by atoms with Crippen LogP contribution in [0.25, 0.3) is 0 Å². The topological polar surface area (TPSA) is 128 Å². The maximum atomic E-state index is 11.7. The molecular formula is C19H27N9O2. The van der Waals surface area contributed by atoms with Gasteiger partial charge in [0, 0.05) is 39.8 Å². The lowest BCUT2D eigenvalue weighted by molar-refractivity contribution is 0.0958. The number of hydrogen-bond donors (Lipinski definition) is 3. The average Bonchev–Trinajstić information content (AvgIpc) is 2.74. The molecule has 0 unspecified atom stereocenters. The third-order valence-corrected chi connectivity index (χ3v) is 4.78. The van der Waals surface area contributed by atoms with Crippen molar-refractivity contribution in [1.82, 2.24) is 35.5 Å². The summed E-state index contributed by atoms with van der Waals surface area (Å²) in [4.78, 5) is 44.8. The van der Waals surface area contributed by atoms with Crippen molar-refractivity contribution in [2.45, 2.75) is 20.4 Å². The van der Waals surface area contributed by atoms with Crippen LogP contribution in [-0.2, 0) is 6.54 Å². The first kappa shape index (κ1) is 21.4. The van der Waals surface area contributed by atoms with E-state index in [0.717, 1.165) is 37.6 Å². The molecule has 3 N–H and O–H groups in total. The highest BCUT2D eigenvalue weighted by Gasteiger charge is 2.20. The molecule has 2 aromatic rings. The zero-order chi connectivity index (χ0) is 21.5. The Kier molecular flexibility index (Phi) is 7.07. The van der Waals surface area contributed by atoms with E-state index in [9.17, 15) is 9.59 Å². The summed E-state index contributed by atoms with van der Waals surface area (Å²) in [7, 11) is 1.60. The van der Waals surface area contributed by atoms with Gasteiger partial charge in [-0.15, -0.1) is 0 Å². The number of carbonyl (C=O) groups excluding carboxylic acids is 2. The van der Waals surface area contributed by atoms with Crippen molar-refractivity contribution in [3.63, 3.8) is 0 Å². The quantitative estimate of drug-likeness (QED) is 0.621. The van der Waals surface area contributed by atoms with Crippen molar-refractivity contribution in [3.05, 3.63) is 35.7 Å². The van der Waals surface area contributed by atoms with Crippen LogP contribution in [0.3, 0.4) is 0 Å². The molecule has 0 aromatic carbocycles. The molecule has 0 atom stereocenters. The maximum absolute atomic E-state index is 11.7. The number of rotatable bonds is 6. The molecule has 1 aliphatic heterocycles. The second kappa shape index (κ2) is 9.92. The first-order valence-corrected chi connectivity index (χ1v) is 9.90. The highest BCUT2D eigenvalue weighted by Crippen LogP contribution is 2.21. The fourth-order valence-electron chi connectivity index (χ4n) is 3.26. The van der Waals surface area contributed by atoms with Crippen LogP contribution < -0.4 is 20.9 Å². The molecule has 30 heavy (non-hydrogen) atoms. The van der Waals surface area contributed by atoms with Crippen LogP contribution in [0.5, 0.6) is 0 Å². The number of aromatic nitrogens is 4. The molecule has 3 heterocycles. The SMILES string of the molecule is CCNC(=O)Nc1ncnc(CN2CCN(c3ccc(C(=O)NC)nc3C)CC2)n1. The summed E-state index contributed by atoms with van der Waals surface area (Å²) in [6.07, 6.45) is 1.41. The van der Waals surface area contributed by atoms with Gasteiger partial charge in [-0.3, -0.25) is 15.0 Å². The number of amides is 3. The molecule has 0 spiro atoms. The van der Waals surface area contributed by atoms with E-state index in [-0.39, 0.29) is 17.9 Å². The van der Waals surface area contributed by atoms with Gasteiger partial charge in [0.15, 0.2) is 0 Å². The second-order valence-corrected chi connectivity index (χ2v) is 6.85. The third-order valence-electron chi connectivity index (χ3n) is 4.78. The number of carbonyl (C=O) groups is 2. The van der Waals surface area contributed by atoms with E-state index >= 15 is 0 Å². The van der Waals surface area contributed by atoms with Crippen molar-refractivity contribution < 1.29 is 9.59 Å². The van der Waals surface area contributed by atoms with Gasteiger partial charge in [-0.1, -0.05) is 0 Å². The molecule has 1 fully saturated rings. The average molecular weight is 413 g/mol. The minimum Gasteiger partial charge on any atom is -0.368 e. The second-order valence-electron chi connectivity index (χ2n) is 6.85. The van der Waals surface area contributed by atoms with E-state index in [2.05, 4.69) is 45.7 Å². The van der Waals surface area contributed by atoms with E-state index in [4.69, 9.17) is 0 Å². The van der Waals surface area contributed by atoms with Gasteiger partial charge >= 0.3 is 6.03 Å². The van der Waals surface area contributed by atoms with Gasteiger partial charge in [-0.25, -0.2) is 19.7 Å². The normalized spacial score (nSPS) is 14.3. The lowest BCUT2D eigenvalue weighted by Crippen LogP contribution is -2.46. The van der Waals surface area contributed by atoms with E-state index in [1.54, 1.807) is 13.1 Å². The first-order valence-electron chi connectivity index (χ1n) is 9.90. The van der Waals surface area contributed by atoms with Gasteiger partial charge in [-0.2, -0.15) is 4.98 Å². The summed E-state index contributed by atoms with van der Waals surface area (Å²) in [6, 6.07) is 3.37. The Morgan fingerprint density at radius 3 is 2.53 bits per heavy atom. The zero-order valence-electron chi connectivity index (χ0n) is 17.5. The predicted octanol–water partition coefficient (Wildman–Crippen LogP) is 0.398. The summed E-state index contributed by atoms with van der Waals surface area (Å²) in [5.41, 5.74) is 2.29. The summed E-state index contributed by atoms with van der Waals surface area (Å²) >= 11 is 0. The molecule has 160 valence electrons. The van der Waals surface area contributed by atoms with Crippen LogP contribution >= 0.6 is 0 Å². The van der Waals surface area contributed by atoms with Gasteiger partial charge in [0.1, 0.15) is 17.8 Å². The molecule has 2 aromatic heterocycles. The Bertz CT molecular complexity index is 897. The molecule has 1 aliphatic rings. The summed E-state index contributed by atoms with van der Waals surface area (Å²) in [6.45, 7) is 8.19. The molecule has 3 rings (SSSR count). The molecule has 11 heteroatoms. The van der Waals surface area contributed by atoms with Crippen molar-refractivity contribution in [2.75, 3.05) is 50.0 Å². The van der Waals surface area contributed by atoms with Crippen LogP contribution in [0, 0.1) is 6.92 Å². The van der Waals surface area contributed by atoms with Crippen molar-refractivity contribution in [2.24, 2.45) is 0 Å². The van der Waals surface area contributed by atoms with Crippen molar-refractivity contribution in [1.29, 1.82) is 0 Å². The molecule has 11 nitrogen and oxygen atoms in total. The molecular weight excluding hydrogens is 386 g/mol.